The lowest BCUT2D eigenvalue weighted by Crippen LogP contribution is -2.45. The van der Waals surface area contributed by atoms with E-state index in [-0.39, 0.29) is 5.91 Å². The van der Waals surface area contributed by atoms with Gasteiger partial charge in [-0.15, -0.1) is 0 Å². The molecule has 2 aliphatic heterocycles. The largest absolute Gasteiger partial charge is 0.491 e. The zero-order valence-electron chi connectivity index (χ0n) is 10.4. The van der Waals surface area contributed by atoms with Crippen LogP contribution < -0.4 is 15.0 Å². The van der Waals surface area contributed by atoms with Crippen molar-refractivity contribution in [1.29, 1.82) is 0 Å². The van der Waals surface area contributed by atoms with Crippen LogP contribution in [-0.2, 0) is 4.79 Å². The first-order valence-electron chi connectivity index (χ1n) is 6.57. The molecule has 0 radical (unpaired) electrons. The maximum absolute atomic E-state index is 12.4. The molecule has 4 nitrogen and oxygen atoms in total. The standard InChI is InChI=1S/C14H18N2O2/c17-14(8-11-9-15-10-11)16-6-3-7-18-13-5-2-1-4-12(13)16/h1-2,4-5,11,15H,3,6-10H2. The van der Waals surface area contributed by atoms with Gasteiger partial charge in [0.05, 0.1) is 12.3 Å². The Morgan fingerprint density at radius 1 is 1.39 bits per heavy atom. The molecule has 1 aromatic rings. The van der Waals surface area contributed by atoms with Gasteiger partial charge < -0.3 is 15.0 Å². The van der Waals surface area contributed by atoms with Crippen molar-refractivity contribution >= 4 is 11.6 Å². The number of hydrogen-bond acceptors (Lipinski definition) is 3. The molecular weight excluding hydrogens is 228 g/mol. The molecule has 0 unspecified atom stereocenters. The van der Waals surface area contributed by atoms with Gasteiger partial charge in [-0.1, -0.05) is 12.1 Å². The van der Waals surface area contributed by atoms with Gasteiger partial charge in [0, 0.05) is 13.0 Å². The Hall–Kier alpha value is -1.55. The third-order valence-electron chi connectivity index (χ3n) is 3.57. The summed E-state index contributed by atoms with van der Waals surface area (Å²) in [7, 11) is 0. The number of anilines is 1. The van der Waals surface area contributed by atoms with E-state index in [9.17, 15) is 4.79 Å². The van der Waals surface area contributed by atoms with Gasteiger partial charge in [-0.25, -0.2) is 0 Å². The molecule has 2 heterocycles. The molecule has 0 atom stereocenters. The summed E-state index contributed by atoms with van der Waals surface area (Å²) in [5.74, 6) is 1.56. The number of para-hydroxylation sites is 2. The highest BCUT2D eigenvalue weighted by atomic mass is 16.5. The van der Waals surface area contributed by atoms with Gasteiger partial charge in [0.1, 0.15) is 5.75 Å². The first-order valence-corrected chi connectivity index (χ1v) is 6.57. The summed E-state index contributed by atoms with van der Waals surface area (Å²) in [5, 5.41) is 3.21. The van der Waals surface area contributed by atoms with E-state index < -0.39 is 0 Å². The van der Waals surface area contributed by atoms with Gasteiger partial charge in [-0.05, 0) is 37.6 Å². The van der Waals surface area contributed by atoms with Gasteiger partial charge in [0.15, 0.2) is 0 Å². The molecule has 1 amide bonds. The van der Waals surface area contributed by atoms with Gasteiger partial charge in [-0.3, -0.25) is 4.79 Å². The lowest BCUT2D eigenvalue weighted by molar-refractivity contribution is -0.119. The zero-order valence-corrected chi connectivity index (χ0v) is 10.4. The Morgan fingerprint density at radius 2 is 2.22 bits per heavy atom. The third kappa shape index (κ3) is 2.20. The minimum absolute atomic E-state index is 0.222. The fourth-order valence-corrected chi connectivity index (χ4v) is 2.44. The molecule has 0 spiro atoms. The Balaban J connectivity index is 1.79. The van der Waals surface area contributed by atoms with E-state index in [1.165, 1.54) is 0 Å². The molecular formula is C14H18N2O2. The summed E-state index contributed by atoms with van der Waals surface area (Å²) < 4.78 is 5.67. The highest BCUT2D eigenvalue weighted by Crippen LogP contribution is 2.31. The average molecular weight is 246 g/mol. The molecule has 0 saturated carbocycles. The number of rotatable bonds is 2. The number of hydrogen-bond donors (Lipinski definition) is 1. The number of amides is 1. The van der Waals surface area contributed by atoms with Crippen LogP contribution in [0.5, 0.6) is 5.75 Å². The highest BCUT2D eigenvalue weighted by molar-refractivity contribution is 5.95. The molecule has 1 fully saturated rings. The normalized spacial score (nSPS) is 19.4. The number of fused-ring (bicyclic) bond motifs is 1. The Labute approximate surface area is 107 Å². The van der Waals surface area contributed by atoms with Crippen molar-refractivity contribution in [2.24, 2.45) is 5.92 Å². The fraction of sp³-hybridized carbons (Fsp3) is 0.500. The lowest BCUT2D eigenvalue weighted by atomic mass is 9.98. The van der Waals surface area contributed by atoms with E-state index in [0.717, 1.165) is 37.5 Å². The maximum atomic E-state index is 12.4. The van der Waals surface area contributed by atoms with E-state index in [2.05, 4.69) is 5.32 Å². The number of ether oxygens (including phenoxy) is 1. The monoisotopic (exact) mass is 246 g/mol. The van der Waals surface area contributed by atoms with Crippen molar-refractivity contribution in [3.05, 3.63) is 24.3 Å². The predicted molar refractivity (Wildman–Crippen MR) is 69.9 cm³/mol. The molecule has 0 bridgehead atoms. The number of carbonyl (C=O) groups excluding carboxylic acids is 1. The van der Waals surface area contributed by atoms with E-state index >= 15 is 0 Å². The fourth-order valence-electron chi connectivity index (χ4n) is 2.44. The molecule has 0 aromatic heterocycles. The Kier molecular flexibility index (Phi) is 3.19. The summed E-state index contributed by atoms with van der Waals surface area (Å²) in [6.45, 7) is 3.39. The molecule has 1 saturated heterocycles. The van der Waals surface area contributed by atoms with Crippen LogP contribution in [0.25, 0.3) is 0 Å². The molecule has 3 rings (SSSR count). The zero-order chi connectivity index (χ0) is 12.4. The predicted octanol–water partition coefficient (Wildman–Crippen LogP) is 1.41. The van der Waals surface area contributed by atoms with Crippen molar-refractivity contribution in [2.75, 3.05) is 31.1 Å². The van der Waals surface area contributed by atoms with E-state index in [0.29, 0.717) is 18.9 Å². The van der Waals surface area contributed by atoms with Crippen molar-refractivity contribution in [3.63, 3.8) is 0 Å². The van der Waals surface area contributed by atoms with Gasteiger partial charge in [0.25, 0.3) is 0 Å². The van der Waals surface area contributed by atoms with Crippen molar-refractivity contribution in [1.82, 2.24) is 5.32 Å². The van der Waals surface area contributed by atoms with Gasteiger partial charge in [0.2, 0.25) is 5.91 Å². The van der Waals surface area contributed by atoms with Crippen LogP contribution in [0.3, 0.4) is 0 Å². The summed E-state index contributed by atoms with van der Waals surface area (Å²) >= 11 is 0. The Bertz CT molecular complexity index is 443. The minimum Gasteiger partial charge on any atom is -0.491 e. The van der Waals surface area contributed by atoms with Gasteiger partial charge >= 0.3 is 0 Å². The topological polar surface area (TPSA) is 41.6 Å². The van der Waals surface area contributed by atoms with Crippen LogP contribution in [0.4, 0.5) is 5.69 Å². The van der Waals surface area contributed by atoms with Crippen LogP contribution in [-0.4, -0.2) is 32.1 Å². The second-order valence-electron chi connectivity index (χ2n) is 4.94. The second kappa shape index (κ2) is 4.98. The van der Waals surface area contributed by atoms with Crippen LogP contribution >= 0.6 is 0 Å². The quantitative estimate of drug-likeness (QED) is 0.858. The van der Waals surface area contributed by atoms with Crippen LogP contribution in [0.15, 0.2) is 24.3 Å². The van der Waals surface area contributed by atoms with Crippen LogP contribution in [0.1, 0.15) is 12.8 Å². The van der Waals surface area contributed by atoms with Crippen LogP contribution in [0.2, 0.25) is 0 Å². The van der Waals surface area contributed by atoms with Gasteiger partial charge in [-0.2, -0.15) is 0 Å². The van der Waals surface area contributed by atoms with Crippen molar-refractivity contribution in [2.45, 2.75) is 12.8 Å². The molecule has 1 aromatic carbocycles. The SMILES string of the molecule is O=C(CC1CNC1)N1CCCOc2ccccc21. The number of nitrogens with one attached hydrogen (secondary N) is 1. The summed E-state index contributed by atoms with van der Waals surface area (Å²) in [6, 6.07) is 7.81. The van der Waals surface area contributed by atoms with Crippen LogP contribution in [0, 0.1) is 5.92 Å². The third-order valence-corrected chi connectivity index (χ3v) is 3.57. The average Bonchev–Trinajstić information content (AvgIpc) is 2.56. The van der Waals surface area contributed by atoms with Crippen molar-refractivity contribution < 1.29 is 9.53 Å². The first kappa shape index (κ1) is 11.5. The molecule has 96 valence electrons. The molecule has 4 heteroatoms. The molecule has 2 aliphatic rings. The van der Waals surface area contributed by atoms with E-state index in [1.54, 1.807) is 0 Å². The minimum atomic E-state index is 0.222. The molecule has 18 heavy (non-hydrogen) atoms. The Morgan fingerprint density at radius 3 is 3.00 bits per heavy atom. The summed E-state index contributed by atoms with van der Waals surface area (Å²) in [6.07, 6.45) is 1.53. The van der Waals surface area contributed by atoms with Crippen molar-refractivity contribution in [3.8, 4) is 5.75 Å². The van der Waals surface area contributed by atoms with E-state index in [1.807, 2.05) is 29.2 Å². The summed E-state index contributed by atoms with van der Waals surface area (Å²) in [5.41, 5.74) is 0.923. The number of benzene rings is 1. The summed E-state index contributed by atoms with van der Waals surface area (Å²) in [4.78, 5) is 14.2. The lowest BCUT2D eigenvalue weighted by Gasteiger charge is -2.29. The van der Waals surface area contributed by atoms with E-state index in [4.69, 9.17) is 4.74 Å². The second-order valence-corrected chi connectivity index (χ2v) is 4.94. The molecule has 0 aliphatic carbocycles. The highest BCUT2D eigenvalue weighted by Gasteiger charge is 2.26. The number of nitrogens with zero attached hydrogens (tertiary/aromatic N) is 1. The smallest absolute Gasteiger partial charge is 0.227 e. The molecule has 1 N–H and O–H groups in total. The first-order chi connectivity index (χ1) is 8.84. The number of carbonyl (C=O) groups is 1. The maximum Gasteiger partial charge on any atom is 0.227 e.